The summed E-state index contributed by atoms with van der Waals surface area (Å²) >= 11 is 0. The Bertz CT molecular complexity index is 1060. The van der Waals surface area contributed by atoms with Gasteiger partial charge in [0, 0.05) is 70.5 Å². The Hall–Kier alpha value is -3.17. The maximum atomic E-state index is 13.1. The fourth-order valence-corrected chi connectivity index (χ4v) is 5.97. The molecule has 2 amide bonds. The van der Waals surface area contributed by atoms with Crippen molar-refractivity contribution in [3.63, 3.8) is 0 Å². The number of carbonyl (C=O) groups is 2. The molecule has 3 atom stereocenters. The van der Waals surface area contributed by atoms with Crippen molar-refractivity contribution in [2.24, 2.45) is 0 Å². The number of nitrogens with one attached hydrogen (secondary N) is 1. The topological polar surface area (TPSA) is 81.2 Å². The SMILES string of the molecule is COc1ccc(CN2CCC3C2C(=O)NCC(CCC(=O)N2CCN(c4ccccn4)CC2)N3C)cc1. The molecule has 0 radical (unpaired) electrons. The molecule has 1 aromatic heterocycles. The van der Waals surface area contributed by atoms with E-state index in [4.69, 9.17) is 4.74 Å². The summed E-state index contributed by atoms with van der Waals surface area (Å²) in [4.78, 5) is 39.4. The first-order valence-electron chi connectivity index (χ1n) is 13.3. The Labute approximate surface area is 219 Å². The second kappa shape index (κ2) is 11.5. The lowest BCUT2D eigenvalue weighted by Gasteiger charge is -2.36. The number of likely N-dealkylation sites (tertiary alicyclic amines) is 1. The van der Waals surface area contributed by atoms with Gasteiger partial charge in [-0.15, -0.1) is 0 Å². The van der Waals surface area contributed by atoms with Crippen molar-refractivity contribution in [1.29, 1.82) is 0 Å². The van der Waals surface area contributed by atoms with E-state index in [9.17, 15) is 9.59 Å². The van der Waals surface area contributed by atoms with Gasteiger partial charge in [0.25, 0.3) is 0 Å². The first-order valence-corrected chi connectivity index (χ1v) is 13.3. The number of pyridine rings is 1. The summed E-state index contributed by atoms with van der Waals surface area (Å²) in [6.07, 6.45) is 4.01. The van der Waals surface area contributed by atoms with E-state index in [2.05, 4.69) is 44.2 Å². The van der Waals surface area contributed by atoms with Crippen molar-refractivity contribution in [3.8, 4) is 5.75 Å². The van der Waals surface area contributed by atoms with Crippen LogP contribution in [0.1, 0.15) is 24.8 Å². The minimum atomic E-state index is -0.174. The summed E-state index contributed by atoms with van der Waals surface area (Å²) in [5, 5.41) is 3.18. The molecule has 1 aromatic carbocycles. The number of nitrogens with zero attached hydrogens (tertiary/aromatic N) is 5. The fourth-order valence-electron chi connectivity index (χ4n) is 5.97. The third-order valence-electron chi connectivity index (χ3n) is 8.19. The van der Waals surface area contributed by atoms with Crippen LogP contribution in [-0.2, 0) is 16.1 Å². The Kier molecular flexibility index (Phi) is 7.90. The second-order valence-corrected chi connectivity index (χ2v) is 10.3. The van der Waals surface area contributed by atoms with Gasteiger partial charge in [0.15, 0.2) is 0 Å². The van der Waals surface area contributed by atoms with E-state index < -0.39 is 0 Å². The van der Waals surface area contributed by atoms with Crippen molar-refractivity contribution >= 4 is 17.6 Å². The van der Waals surface area contributed by atoms with Crippen LogP contribution in [0.4, 0.5) is 5.82 Å². The van der Waals surface area contributed by atoms with Crippen LogP contribution in [0, 0.1) is 0 Å². The molecule has 0 saturated carbocycles. The first kappa shape index (κ1) is 25.5. The molecule has 3 aliphatic rings. The van der Waals surface area contributed by atoms with Crippen LogP contribution in [-0.4, -0.2) is 103 Å². The van der Waals surface area contributed by atoms with E-state index in [-0.39, 0.29) is 29.9 Å². The smallest absolute Gasteiger partial charge is 0.239 e. The quantitative estimate of drug-likeness (QED) is 0.611. The normalized spacial score (nSPS) is 24.9. The van der Waals surface area contributed by atoms with Gasteiger partial charge >= 0.3 is 0 Å². The number of carbonyl (C=O) groups excluding carboxylic acids is 2. The number of benzene rings is 1. The molecule has 3 aliphatic heterocycles. The summed E-state index contributed by atoms with van der Waals surface area (Å²) in [5.41, 5.74) is 1.17. The lowest BCUT2D eigenvalue weighted by Crippen LogP contribution is -2.50. The lowest BCUT2D eigenvalue weighted by atomic mass is 10.0. The maximum Gasteiger partial charge on any atom is 0.239 e. The van der Waals surface area contributed by atoms with Gasteiger partial charge in [-0.2, -0.15) is 0 Å². The van der Waals surface area contributed by atoms with Crippen molar-refractivity contribution in [1.82, 2.24) is 25.0 Å². The molecule has 1 N–H and O–H groups in total. The van der Waals surface area contributed by atoms with E-state index >= 15 is 0 Å². The lowest BCUT2D eigenvalue weighted by molar-refractivity contribution is -0.132. The van der Waals surface area contributed by atoms with E-state index in [1.54, 1.807) is 7.11 Å². The van der Waals surface area contributed by atoms with Gasteiger partial charge in [-0.3, -0.25) is 19.4 Å². The monoisotopic (exact) mass is 506 g/mol. The number of likely N-dealkylation sites (N-methyl/N-ethyl adjacent to an activating group) is 1. The van der Waals surface area contributed by atoms with Gasteiger partial charge in [0.2, 0.25) is 11.8 Å². The van der Waals surface area contributed by atoms with Crippen LogP contribution in [0.2, 0.25) is 0 Å². The number of methoxy groups -OCH3 is 1. The molecule has 9 heteroatoms. The largest absolute Gasteiger partial charge is 0.497 e. The van der Waals surface area contributed by atoms with Gasteiger partial charge in [-0.25, -0.2) is 4.98 Å². The first-order chi connectivity index (χ1) is 18.0. The zero-order chi connectivity index (χ0) is 25.8. The summed E-state index contributed by atoms with van der Waals surface area (Å²) in [6.45, 7) is 5.24. The molecule has 0 bridgehead atoms. The summed E-state index contributed by atoms with van der Waals surface area (Å²) in [5.74, 6) is 2.11. The molecule has 198 valence electrons. The highest BCUT2D eigenvalue weighted by Gasteiger charge is 2.45. The van der Waals surface area contributed by atoms with Crippen LogP contribution in [0.15, 0.2) is 48.7 Å². The molecule has 3 unspecified atom stereocenters. The van der Waals surface area contributed by atoms with Crippen LogP contribution in [0.5, 0.6) is 5.75 Å². The summed E-state index contributed by atoms with van der Waals surface area (Å²) in [6, 6.07) is 14.1. The van der Waals surface area contributed by atoms with Crippen LogP contribution in [0.3, 0.4) is 0 Å². The number of aromatic nitrogens is 1. The summed E-state index contributed by atoms with van der Waals surface area (Å²) in [7, 11) is 3.79. The molecule has 37 heavy (non-hydrogen) atoms. The Balaban J connectivity index is 1.14. The van der Waals surface area contributed by atoms with E-state index in [1.165, 1.54) is 5.56 Å². The van der Waals surface area contributed by atoms with Crippen molar-refractivity contribution in [2.75, 3.05) is 58.3 Å². The maximum absolute atomic E-state index is 13.1. The van der Waals surface area contributed by atoms with Gasteiger partial charge in [0.05, 0.1) is 7.11 Å². The van der Waals surface area contributed by atoms with Crippen LogP contribution in [0.25, 0.3) is 0 Å². The van der Waals surface area contributed by atoms with Gasteiger partial charge in [-0.05, 0) is 49.7 Å². The average molecular weight is 507 g/mol. The molecule has 3 saturated heterocycles. The minimum Gasteiger partial charge on any atom is -0.497 e. The fraction of sp³-hybridized carbons (Fsp3) is 0.536. The number of amides is 2. The highest BCUT2D eigenvalue weighted by molar-refractivity contribution is 5.83. The van der Waals surface area contributed by atoms with Crippen molar-refractivity contribution in [2.45, 2.75) is 43.9 Å². The van der Waals surface area contributed by atoms with Gasteiger partial charge in [-0.1, -0.05) is 18.2 Å². The Morgan fingerprint density at radius 1 is 1.08 bits per heavy atom. The number of anilines is 1. The molecular formula is C28H38N6O3. The third-order valence-corrected chi connectivity index (χ3v) is 8.19. The molecule has 9 nitrogen and oxygen atoms in total. The van der Waals surface area contributed by atoms with Crippen molar-refractivity contribution < 1.29 is 14.3 Å². The average Bonchev–Trinajstić information content (AvgIpc) is 3.32. The standard InChI is InChI=1S/C28H38N6O3/c1-31-22(8-11-26(35)33-17-15-32(16-18-33)25-5-3-4-13-29-25)19-30-28(36)27-24(31)12-14-34(27)20-21-6-9-23(37-2)10-7-21/h3-7,9-10,13,22,24,27H,8,11-12,14-20H2,1-2H3,(H,30,36). The Morgan fingerprint density at radius 2 is 1.86 bits per heavy atom. The highest BCUT2D eigenvalue weighted by Crippen LogP contribution is 2.29. The summed E-state index contributed by atoms with van der Waals surface area (Å²) < 4.78 is 5.27. The number of rotatable bonds is 7. The zero-order valence-corrected chi connectivity index (χ0v) is 21.9. The number of fused-ring (bicyclic) bond motifs is 1. The molecule has 2 aromatic rings. The number of piperazine rings is 1. The molecule has 5 rings (SSSR count). The van der Waals surface area contributed by atoms with Crippen LogP contribution < -0.4 is 15.0 Å². The second-order valence-electron chi connectivity index (χ2n) is 10.3. The zero-order valence-electron chi connectivity index (χ0n) is 21.9. The third kappa shape index (κ3) is 5.72. The predicted molar refractivity (Wildman–Crippen MR) is 142 cm³/mol. The number of hydrogen-bond donors (Lipinski definition) is 1. The molecule has 3 fully saturated rings. The molecule has 0 aliphatic carbocycles. The van der Waals surface area contributed by atoms with Gasteiger partial charge < -0.3 is 19.9 Å². The van der Waals surface area contributed by atoms with E-state index in [0.29, 0.717) is 13.0 Å². The molecule has 4 heterocycles. The van der Waals surface area contributed by atoms with Crippen LogP contribution >= 0.6 is 0 Å². The molecule has 0 spiro atoms. The highest BCUT2D eigenvalue weighted by atomic mass is 16.5. The van der Waals surface area contributed by atoms with E-state index in [1.807, 2.05) is 41.4 Å². The minimum absolute atomic E-state index is 0.0994. The number of hydrogen-bond acceptors (Lipinski definition) is 7. The molecular weight excluding hydrogens is 468 g/mol. The van der Waals surface area contributed by atoms with E-state index in [0.717, 1.165) is 63.7 Å². The Morgan fingerprint density at radius 3 is 2.57 bits per heavy atom. The van der Waals surface area contributed by atoms with Gasteiger partial charge in [0.1, 0.15) is 17.6 Å². The number of ether oxygens (including phenoxy) is 1. The van der Waals surface area contributed by atoms with Crippen molar-refractivity contribution in [3.05, 3.63) is 54.2 Å². The predicted octanol–water partition coefficient (Wildman–Crippen LogP) is 1.59.